The maximum atomic E-state index is 2.65. The van der Waals surface area contributed by atoms with Gasteiger partial charge in [0, 0.05) is 6.54 Å². The Kier molecular flexibility index (Phi) is 6.70. The Morgan fingerprint density at radius 2 is 1.73 bits per heavy atom. The van der Waals surface area contributed by atoms with Crippen LogP contribution < -0.4 is 0 Å². The lowest BCUT2D eigenvalue weighted by atomic mass is 9.86. The largest absolute Gasteiger partial charge is 0.299 e. The van der Waals surface area contributed by atoms with E-state index in [9.17, 15) is 0 Å². The molecule has 1 saturated heterocycles. The molecule has 2 rings (SSSR count). The van der Waals surface area contributed by atoms with Crippen LogP contribution >= 0.6 is 0 Å². The predicted molar refractivity (Wildman–Crippen MR) is 97.9 cm³/mol. The summed E-state index contributed by atoms with van der Waals surface area (Å²) < 4.78 is 0. The second-order valence-corrected chi connectivity index (χ2v) is 7.58. The van der Waals surface area contributed by atoms with Crippen molar-refractivity contribution in [1.82, 2.24) is 4.90 Å². The fourth-order valence-electron chi connectivity index (χ4n) is 3.32. The highest BCUT2D eigenvalue weighted by Crippen LogP contribution is 2.26. The molecule has 0 unspecified atom stereocenters. The van der Waals surface area contributed by atoms with E-state index in [1.165, 1.54) is 43.5 Å². The molecule has 0 bridgehead atoms. The quantitative estimate of drug-likeness (QED) is 0.672. The van der Waals surface area contributed by atoms with Crippen LogP contribution in [0.1, 0.15) is 52.5 Å². The van der Waals surface area contributed by atoms with Crippen LogP contribution in [-0.4, -0.2) is 24.5 Å². The van der Waals surface area contributed by atoms with E-state index in [2.05, 4.69) is 69.0 Å². The van der Waals surface area contributed by atoms with Gasteiger partial charge >= 0.3 is 0 Å². The van der Waals surface area contributed by atoms with Crippen LogP contribution in [0.4, 0.5) is 0 Å². The third-order valence-electron chi connectivity index (χ3n) is 4.95. The first kappa shape index (κ1) is 17.3. The average molecular weight is 300 g/mol. The third kappa shape index (κ3) is 5.28. The summed E-state index contributed by atoms with van der Waals surface area (Å²) in [6.45, 7) is 13.0. The Bertz CT molecular complexity index is 450. The molecule has 1 aliphatic heterocycles. The van der Waals surface area contributed by atoms with Gasteiger partial charge < -0.3 is 0 Å². The van der Waals surface area contributed by atoms with Gasteiger partial charge in [0.2, 0.25) is 0 Å². The molecule has 0 aromatic heterocycles. The summed E-state index contributed by atoms with van der Waals surface area (Å²) >= 11 is 0. The minimum absolute atomic E-state index is 0.727. The zero-order valence-electron chi connectivity index (χ0n) is 14.9. The van der Waals surface area contributed by atoms with E-state index in [-0.39, 0.29) is 0 Å². The van der Waals surface area contributed by atoms with Crippen LogP contribution in [0.5, 0.6) is 0 Å². The van der Waals surface area contributed by atoms with Gasteiger partial charge in [-0.3, -0.25) is 4.90 Å². The molecule has 0 saturated carbocycles. The molecule has 0 aliphatic carbocycles. The van der Waals surface area contributed by atoms with Gasteiger partial charge in [0.15, 0.2) is 0 Å². The van der Waals surface area contributed by atoms with Crippen molar-refractivity contribution in [3.05, 3.63) is 42.0 Å². The molecule has 1 heteroatoms. The van der Waals surface area contributed by atoms with Crippen molar-refractivity contribution < 1.29 is 0 Å². The van der Waals surface area contributed by atoms with Gasteiger partial charge in [0.05, 0.1) is 0 Å². The van der Waals surface area contributed by atoms with Gasteiger partial charge in [-0.15, -0.1) is 0 Å². The van der Waals surface area contributed by atoms with E-state index < -0.39 is 0 Å². The van der Waals surface area contributed by atoms with E-state index in [4.69, 9.17) is 0 Å². The van der Waals surface area contributed by atoms with Crippen molar-refractivity contribution in [3.8, 4) is 0 Å². The molecule has 0 radical (unpaired) electrons. The topological polar surface area (TPSA) is 3.24 Å². The molecule has 0 N–H and O–H groups in total. The zero-order chi connectivity index (χ0) is 15.9. The van der Waals surface area contributed by atoms with Crippen LogP contribution in [-0.2, 0) is 0 Å². The molecule has 0 atom stereocenters. The van der Waals surface area contributed by atoms with Crippen molar-refractivity contribution in [2.75, 3.05) is 19.6 Å². The maximum Gasteiger partial charge on any atom is 0.0236 e. The molecule has 1 nitrogen and oxygen atoms in total. The molecule has 1 aromatic carbocycles. The number of allylic oxidation sites excluding steroid dienone is 1. The molecule has 1 fully saturated rings. The number of likely N-dealkylation sites (tertiary alicyclic amines) is 1. The highest BCUT2D eigenvalue weighted by Gasteiger charge is 2.22. The van der Waals surface area contributed by atoms with Gasteiger partial charge in [0.25, 0.3) is 0 Å². The predicted octanol–water partition coefficient (Wildman–Crippen LogP) is 5.48. The second kappa shape index (κ2) is 8.53. The summed E-state index contributed by atoms with van der Waals surface area (Å²) in [6, 6.07) is 10.9. The van der Waals surface area contributed by atoms with Crippen molar-refractivity contribution in [2.24, 2.45) is 17.8 Å². The minimum atomic E-state index is 0.727. The Morgan fingerprint density at radius 3 is 2.27 bits per heavy atom. The molecule has 0 amide bonds. The Morgan fingerprint density at radius 1 is 1.09 bits per heavy atom. The van der Waals surface area contributed by atoms with Crippen LogP contribution in [0.3, 0.4) is 0 Å². The van der Waals surface area contributed by atoms with E-state index in [0.29, 0.717) is 0 Å². The lowest BCUT2D eigenvalue weighted by Crippen LogP contribution is -2.36. The summed E-state index contributed by atoms with van der Waals surface area (Å²) in [5.74, 6) is 2.49. The molecule has 1 heterocycles. The number of rotatable bonds is 6. The lowest BCUT2D eigenvalue weighted by molar-refractivity contribution is 0.172. The zero-order valence-corrected chi connectivity index (χ0v) is 14.9. The first-order valence-corrected chi connectivity index (χ1v) is 9.03. The third-order valence-corrected chi connectivity index (χ3v) is 4.95. The molecule has 22 heavy (non-hydrogen) atoms. The monoisotopic (exact) mass is 299 g/mol. The molecule has 122 valence electrons. The van der Waals surface area contributed by atoms with Crippen molar-refractivity contribution in [2.45, 2.75) is 47.0 Å². The highest BCUT2D eigenvalue weighted by atomic mass is 15.1. The van der Waals surface area contributed by atoms with E-state index in [1.54, 1.807) is 0 Å². The SMILES string of the molecule is CC(C)C/C=C(/CN1CCC(C(C)C)CC1)c1ccccc1. The number of piperidine rings is 1. The normalized spacial score (nSPS) is 18.4. The number of hydrogen-bond acceptors (Lipinski definition) is 1. The van der Waals surface area contributed by atoms with Gasteiger partial charge in [-0.1, -0.05) is 64.1 Å². The van der Waals surface area contributed by atoms with Gasteiger partial charge in [-0.2, -0.15) is 0 Å². The van der Waals surface area contributed by atoms with Crippen molar-refractivity contribution in [3.63, 3.8) is 0 Å². The minimum Gasteiger partial charge on any atom is -0.299 e. The molecule has 1 aromatic rings. The number of hydrogen-bond donors (Lipinski definition) is 0. The van der Waals surface area contributed by atoms with E-state index >= 15 is 0 Å². The summed E-state index contributed by atoms with van der Waals surface area (Å²) in [6.07, 6.45) is 6.37. The van der Waals surface area contributed by atoms with Crippen LogP contribution in [0.2, 0.25) is 0 Å². The first-order valence-electron chi connectivity index (χ1n) is 9.03. The standard InChI is InChI=1S/C21H33N/c1-17(2)10-11-21(20-8-6-5-7-9-20)16-22-14-12-19(13-15-22)18(3)4/h5-9,11,17-19H,10,12-16H2,1-4H3/b21-11-. The van der Waals surface area contributed by atoms with Crippen LogP contribution in [0, 0.1) is 17.8 Å². The van der Waals surface area contributed by atoms with Gasteiger partial charge in [0.1, 0.15) is 0 Å². The summed E-state index contributed by atoms with van der Waals surface area (Å²) in [4.78, 5) is 2.65. The van der Waals surface area contributed by atoms with Crippen molar-refractivity contribution in [1.29, 1.82) is 0 Å². The number of benzene rings is 1. The molecular weight excluding hydrogens is 266 g/mol. The van der Waals surface area contributed by atoms with Crippen LogP contribution in [0.25, 0.3) is 5.57 Å². The average Bonchev–Trinajstić information content (AvgIpc) is 2.52. The van der Waals surface area contributed by atoms with E-state index in [1.807, 2.05) is 0 Å². The first-order chi connectivity index (χ1) is 10.6. The van der Waals surface area contributed by atoms with Crippen LogP contribution in [0.15, 0.2) is 36.4 Å². The fraction of sp³-hybridized carbons (Fsp3) is 0.619. The Hall–Kier alpha value is -1.08. The van der Waals surface area contributed by atoms with E-state index in [0.717, 1.165) is 24.3 Å². The smallest absolute Gasteiger partial charge is 0.0236 e. The number of nitrogens with zero attached hydrogens (tertiary/aromatic N) is 1. The summed E-state index contributed by atoms with van der Waals surface area (Å²) in [7, 11) is 0. The van der Waals surface area contributed by atoms with Crippen molar-refractivity contribution >= 4 is 5.57 Å². The molecule has 1 aliphatic rings. The second-order valence-electron chi connectivity index (χ2n) is 7.58. The Labute approximate surface area is 137 Å². The lowest BCUT2D eigenvalue weighted by Gasteiger charge is -2.34. The van der Waals surface area contributed by atoms with Gasteiger partial charge in [-0.25, -0.2) is 0 Å². The summed E-state index contributed by atoms with van der Waals surface area (Å²) in [5, 5.41) is 0. The van der Waals surface area contributed by atoms with Gasteiger partial charge in [-0.05, 0) is 61.2 Å². The Balaban J connectivity index is 2.00. The maximum absolute atomic E-state index is 2.65. The summed E-state index contributed by atoms with van der Waals surface area (Å²) in [5.41, 5.74) is 2.91. The highest BCUT2D eigenvalue weighted by molar-refractivity contribution is 5.66. The fourth-order valence-corrected chi connectivity index (χ4v) is 3.32. The molecule has 0 spiro atoms. The molecular formula is C21H33N.